The molecule has 0 aromatic heterocycles. The number of halogens is 4. The normalized spacial score (nSPS) is 20.2. The molecule has 1 aromatic carbocycles. The van der Waals surface area contributed by atoms with Crippen molar-refractivity contribution in [3.8, 4) is 5.75 Å². The molecule has 0 saturated heterocycles. The van der Waals surface area contributed by atoms with Crippen molar-refractivity contribution in [2.24, 2.45) is 21.5 Å². The van der Waals surface area contributed by atoms with Crippen LogP contribution < -0.4 is 21.1 Å². The molecule has 3 rings (SSSR count). The zero-order chi connectivity index (χ0) is 18.2. The maximum Gasteiger partial charge on any atom is 0.573 e. The van der Waals surface area contributed by atoms with E-state index >= 15 is 0 Å². The summed E-state index contributed by atoms with van der Waals surface area (Å²) >= 11 is 5.97. The first kappa shape index (κ1) is 17.7. The second-order valence-corrected chi connectivity index (χ2v) is 6.39. The van der Waals surface area contributed by atoms with Crippen LogP contribution >= 0.6 is 11.6 Å². The number of anilines is 1. The predicted molar refractivity (Wildman–Crippen MR) is 89.7 cm³/mol. The van der Waals surface area contributed by atoms with Crippen LogP contribution in [-0.4, -0.2) is 23.9 Å². The first-order valence-electron chi connectivity index (χ1n) is 7.75. The monoisotopic (exact) mass is 375 g/mol. The minimum Gasteiger partial charge on any atom is -0.404 e. The molecule has 1 saturated carbocycles. The third kappa shape index (κ3) is 3.60. The fourth-order valence-electron chi connectivity index (χ4n) is 3.33. The second-order valence-electron chi connectivity index (χ2n) is 5.98. The fraction of sp³-hybridized carbons (Fsp3) is 0.467. The molecule has 1 aromatic rings. The molecule has 1 aliphatic heterocycles. The number of benzene rings is 1. The number of nitrogens with two attached hydrogens (primary N) is 2. The lowest BCUT2D eigenvalue weighted by atomic mass is 9.87. The molecule has 0 amide bonds. The number of aliphatic imine (C=N–C) groups is 2. The van der Waals surface area contributed by atoms with Gasteiger partial charge in [0.05, 0.1) is 5.02 Å². The van der Waals surface area contributed by atoms with Gasteiger partial charge >= 0.3 is 6.36 Å². The Bertz CT molecular complexity index is 728. The van der Waals surface area contributed by atoms with Crippen molar-refractivity contribution in [2.45, 2.75) is 44.1 Å². The molecule has 0 radical (unpaired) electrons. The first-order chi connectivity index (χ1) is 11.7. The summed E-state index contributed by atoms with van der Waals surface area (Å²) in [6.07, 6.45) is -0.459. The van der Waals surface area contributed by atoms with E-state index in [9.17, 15) is 13.2 Å². The van der Waals surface area contributed by atoms with Gasteiger partial charge in [-0.05, 0) is 43.9 Å². The number of hydrogen-bond donors (Lipinski definition) is 2. The SMILES string of the molecule is NC1=NC2(CCCCC2)N(c2ccc(OC(F)(F)F)c(Cl)c2)C(N)=N1. The number of hydrogen-bond acceptors (Lipinski definition) is 6. The Kier molecular flexibility index (Phi) is 4.44. The molecule has 10 heteroatoms. The largest absolute Gasteiger partial charge is 0.573 e. The Morgan fingerprint density at radius 1 is 1.16 bits per heavy atom. The van der Waals surface area contributed by atoms with Crippen LogP contribution in [0.4, 0.5) is 18.9 Å². The van der Waals surface area contributed by atoms with Crippen molar-refractivity contribution in [3.05, 3.63) is 23.2 Å². The molecule has 0 unspecified atom stereocenters. The lowest BCUT2D eigenvalue weighted by Gasteiger charge is -2.45. The van der Waals surface area contributed by atoms with Gasteiger partial charge in [-0.15, -0.1) is 13.2 Å². The summed E-state index contributed by atoms with van der Waals surface area (Å²) in [5.41, 5.74) is 11.6. The Morgan fingerprint density at radius 2 is 1.84 bits per heavy atom. The summed E-state index contributed by atoms with van der Waals surface area (Å²) < 4.78 is 41.1. The summed E-state index contributed by atoms with van der Waals surface area (Å²) in [6.45, 7) is 0. The van der Waals surface area contributed by atoms with Crippen LogP contribution in [0.5, 0.6) is 5.75 Å². The zero-order valence-electron chi connectivity index (χ0n) is 13.2. The minimum atomic E-state index is -4.82. The molecule has 6 nitrogen and oxygen atoms in total. The molecule has 2 aliphatic rings. The Morgan fingerprint density at radius 3 is 2.44 bits per heavy atom. The van der Waals surface area contributed by atoms with Gasteiger partial charge in [0.25, 0.3) is 0 Å². The van der Waals surface area contributed by atoms with E-state index in [0.29, 0.717) is 18.5 Å². The summed E-state index contributed by atoms with van der Waals surface area (Å²) in [6, 6.07) is 3.96. The molecular formula is C15H17ClF3N5O. The van der Waals surface area contributed by atoms with E-state index in [1.54, 1.807) is 4.90 Å². The highest BCUT2D eigenvalue weighted by molar-refractivity contribution is 6.32. The van der Waals surface area contributed by atoms with Crippen molar-refractivity contribution >= 4 is 29.2 Å². The molecule has 25 heavy (non-hydrogen) atoms. The van der Waals surface area contributed by atoms with Crippen molar-refractivity contribution in [1.29, 1.82) is 0 Å². The molecule has 0 atom stereocenters. The highest BCUT2D eigenvalue weighted by atomic mass is 35.5. The minimum absolute atomic E-state index is 0.0961. The zero-order valence-corrected chi connectivity index (χ0v) is 13.9. The van der Waals surface area contributed by atoms with E-state index < -0.39 is 17.8 Å². The van der Waals surface area contributed by atoms with Crippen LogP contribution in [-0.2, 0) is 0 Å². The number of alkyl halides is 3. The average molecular weight is 376 g/mol. The molecule has 136 valence electrons. The third-order valence-corrected chi connectivity index (χ3v) is 4.55. The fourth-order valence-corrected chi connectivity index (χ4v) is 3.54. The number of ether oxygens (including phenoxy) is 1. The molecule has 4 N–H and O–H groups in total. The third-order valence-electron chi connectivity index (χ3n) is 4.25. The van der Waals surface area contributed by atoms with E-state index in [-0.39, 0.29) is 16.9 Å². The van der Waals surface area contributed by atoms with Gasteiger partial charge in [0.15, 0.2) is 0 Å². The van der Waals surface area contributed by atoms with Crippen molar-refractivity contribution in [3.63, 3.8) is 0 Å². The van der Waals surface area contributed by atoms with E-state index in [1.165, 1.54) is 12.1 Å². The summed E-state index contributed by atoms with van der Waals surface area (Å²) in [7, 11) is 0. The predicted octanol–water partition coefficient (Wildman–Crippen LogP) is 3.35. The van der Waals surface area contributed by atoms with E-state index in [4.69, 9.17) is 23.1 Å². The van der Waals surface area contributed by atoms with Gasteiger partial charge in [-0.25, -0.2) is 4.99 Å². The van der Waals surface area contributed by atoms with Gasteiger partial charge in [0.2, 0.25) is 11.9 Å². The van der Waals surface area contributed by atoms with E-state index in [0.717, 1.165) is 25.3 Å². The molecule has 0 bridgehead atoms. The van der Waals surface area contributed by atoms with Crippen molar-refractivity contribution in [2.75, 3.05) is 4.90 Å². The maximum atomic E-state index is 12.4. The van der Waals surface area contributed by atoms with Crippen LogP contribution in [0.3, 0.4) is 0 Å². The van der Waals surface area contributed by atoms with Crippen LogP contribution in [0, 0.1) is 0 Å². The second kappa shape index (κ2) is 6.29. The Labute approximate surface area is 147 Å². The molecular weight excluding hydrogens is 359 g/mol. The Hall–Kier alpha value is -2.16. The van der Waals surface area contributed by atoms with Gasteiger partial charge in [0, 0.05) is 5.69 Å². The van der Waals surface area contributed by atoms with Crippen LogP contribution in [0.15, 0.2) is 28.2 Å². The molecule has 1 spiro atoms. The molecule has 1 aliphatic carbocycles. The van der Waals surface area contributed by atoms with Gasteiger partial charge in [-0.2, -0.15) is 4.99 Å². The summed E-state index contributed by atoms with van der Waals surface area (Å²) in [4.78, 5) is 10.2. The van der Waals surface area contributed by atoms with Gasteiger partial charge < -0.3 is 16.2 Å². The summed E-state index contributed by atoms with van der Waals surface area (Å²) in [5.74, 6) is -0.250. The quantitative estimate of drug-likeness (QED) is 0.829. The van der Waals surface area contributed by atoms with E-state index in [1.807, 2.05) is 0 Å². The Balaban J connectivity index is 1.98. The lowest BCUT2D eigenvalue weighted by Crippen LogP contribution is -2.58. The van der Waals surface area contributed by atoms with Gasteiger partial charge in [-0.3, -0.25) is 4.90 Å². The number of rotatable bonds is 2. The summed E-state index contributed by atoms with van der Waals surface area (Å²) in [5, 5.41) is -0.184. The van der Waals surface area contributed by atoms with Gasteiger partial charge in [0.1, 0.15) is 11.4 Å². The molecule has 1 heterocycles. The lowest BCUT2D eigenvalue weighted by molar-refractivity contribution is -0.274. The standard InChI is InChI=1S/C15H17ClF3N5O/c16-10-8-9(4-5-11(10)25-15(17,18)19)24-13(21)22-12(20)23-14(24)6-2-1-3-7-14/h4-5,8H,1-3,6-7H2,(H4,20,21,22,23). The van der Waals surface area contributed by atoms with Gasteiger partial charge in [-0.1, -0.05) is 18.0 Å². The molecule has 1 fully saturated rings. The van der Waals surface area contributed by atoms with Crippen molar-refractivity contribution in [1.82, 2.24) is 0 Å². The maximum absolute atomic E-state index is 12.4. The highest BCUT2D eigenvalue weighted by Crippen LogP contribution is 2.41. The van der Waals surface area contributed by atoms with E-state index in [2.05, 4.69) is 14.7 Å². The first-order valence-corrected chi connectivity index (χ1v) is 8.13. The van der Waals surface area contributed by atoms with Crippen LogP contribution in [0.1, 0.15) is 32.1 Å². The number of guanidine groups is 2. The highest BCUT2D eigenvalue weighted by Gasteiger charge is 2.43. The van der Waals surface area contributed by atoms with Crippen molar-refractivity contribution < 1.29 is 17.9 Å². The topological polar surface area (TPSA) is 89.2 Å². The smallest absolute Gasteiger partial charge is 0.404 e. The average Bonchev–Trinajstić information content (AvgIpc) is 2.48. The number of nitrogens with zero attached hydrogens (tertiary/aromatic N) is 3. The van der Waals surface area contributed by atoms with Crippen LogP contribution in [0.25, 0.3) is 0 Å². The van der Waals surface area contributed by atoms with Crippen LogP contribution in [0.2, 0.25) is 5.02 Å².